The van der Waals surface area contributed by atoms with E-state index < -0.39 is 0 Å². The molecule has 0 radical (unpaired) electrons. The highest BCUT2D eigenvalue weighted by atomic mass is 32.1. The van der Waals surface area contributed by atoms with Crippen molar-refractivity contribution in [2.45, 2.75) is 46.0 Å². The maximum Gasteiger partial charge on any atom is 0.0956 e. The summed E-state index contributed by atoms with van der Waals surface area (Å²) in [6.07, 6.45) is 1.11. The van der Waals surface area contributed by atoms with Gasteiger partial charge in [-0.25, -0.2) is 4.98 Å². The molecule has 0 aliphatic carbocycles. The fourth-order valence-electron chi connectivity index (χ4n) is 1.51. The van der Waals surface area contributed by atoms with Gasteiger partial charge < -0.3 is 5.73 Å². The summed E-state index contributed by atoms with van der Waals surface area (Å²) in [5, 5.41) is 1.24. The van der Waals surface area contributed by atoms with Crippen LogP contribution in [-0.4, -0.2) is 11.5 Å². The lowest BCUT2D eigenvalue weighted by atomic mass is 10.0. The Balaban J connectivity index is 2.96. The maximum absolute atomic E-state index is 5.75. The summed E-state index contributed by atoms with van der Waals surface area (Å²) < 4.78 is 0. The van der Waals surface area contributed by atoms with Crippen LogP contribution in [0.5, 0.6) is 0 Å². The third-order valence-electron chi connectivity index (χ3n) is 2.49. The minimum Gasteiger partial charge on any atom is -0.330 e. The van der Waals surface area contributed by atoms with Crippen molar-refractivity contribution in [2.24, 2.45) is 5.73 Å². The zero-order valence-corrected chi connectivity index (χ0v) is 10.3. The van der Waals surface area contributed by atoms with Gasteiger partial charge in [-0.2, -0.15) is 0 Å². The lowest BCUT2D eigenvalue weighted by Gasteiger charge is -2.09. The normalized spacial score (nSPS) is 13.6. The molecule has 0 aromatic carbocycles. The molecule has 0 amide bonds. The molecule has 14 heavy (non-hydrogen) atoms. The largest absolute Gasteiger partial charge is 0.330 e. The second-order valence-corrected chi connectivity index (χ2v) is 5.06. The minimum absolute atomic E-state index is 0.500. The Kier molecular flexibility index (Phi) is 4.08. The molecular weight excluding hydrogens is 192 g/mol. The van der Waals surface area contributed by atoms with Crippen molar-refractivity contribution in [1.82, 2.24) is 4.98 Å². The van der Waals surface area contributed by atoms with E-state index in [9.17, 15) is 0 Å². The van der Waals surface area contributed by atoms with Crippen LogP contribution in [0, 0.1) is 6.92 Å². The summed E-state index contributed by atoms with van der Waals surface area (Å²) >= 11 is 1.83. The first-order valence-corrected chi connectivity index (χ1v) is 6.09. The smallest absolute Gasteiger partial charge is 0.0956 e. The van der Waals surface area contributed by atoms with E-state index in [1.807, 2.05) is 11.3 Å². The van der Waals surface area contributed by atoms with E-state index in [-0.39, 0.29) is 0 Å². The minimum atomic E-state index is 0.500. The van der Waals surface area contributed by atoms with Gasteiger partial charge in [-0.15, -0.1) is 11.3 Å². The van der Waals surface area contributed by atoms with Gasteiger partial charge in [-0.1, -0.05) is 20.8 Å². The molecule has 1 aromatic rings. The Morgan fingerprint density at radius 2 is 2.07 bits per heavy atom. The summed E-state index contributed by atoms with van der Waals surface area (Å²) in [7, 11) is 0. The van der Waals surface area contributed by atoms with Gasteiger partial charge in [0.2, 0.25) is 0 Å². The summed E-state index contributed by atoms with van der Waals surface area (Å²) in [5.41, 5.74) is 6.93. The van der Waals surface area contributed by atoms with Crippen LogP contribution < -0.4 is 5.73 Å². The summed E-state index contributed by atoms with van der Waals surface area (Å²) in [4.78, 5) is 5.98. The van der Waals surface area contributed by atoms with E-state index in [4.69, 9.17) is 5.73 Å². The SMILES string of the molecule is CCC(CN)c1sc(C(C)C)nc1C. The molecule has 0 aliphatic heterocycles. The van der Waals surface area contributed by atoms with Crippen LogP contribution in [0.4, 0.5) is 0 Å². The van der Waals surface area contributed by atoms with Gasteiger partial charge >= 0.3 is 0 Å². The first kappa shape index (κ1) is 11.7. The molecule has 0 bridgehead atoms. The van der Waals surface area contributed by atoms with Crippen molar-refractivity contribution in [3.63, 3.8) is 0 Å². The maximum atomic E-state index is 5.75. The van der Waals surface area contributed by atoms with Crippen molar-refractivity contribution >= 4 is 11.3 Å². The Morgan fingerprint density at radius 3 is 2.43 bits per heavy atom. The lowest BCUT2D eigenvalue weighted by Crippen LogP contribution is -2.11. The highest BCUT2D eigenvalue weighted by molar-refractivity contribution is 7.11. The number of nitrogens with zero attached hydrogens (tertiary/aromatic N) is 1. The molecule has 1 unspecified atom stereocenters. The summed E-state index contributed by atoms with van der Waals surface area (Å²) in [5.74, 6) is 1.03. The second kappa shape index (κ2) is 4.89. The van der Waals surface area contributed by atoms with E-state index in [1.165, 1.54) is 15.6 Å². The van der Waals surface area contributed by atoms with Crippen LogP contribution in [0.3, 0.4) is 0 Å². The Bertz CT molecular complexity index is 287. The molecule has 0 aliphatic rings. The van der Waals surface area contributed by atoms with Crippen LogP contribution in [-0.2, 0) is 0 Å². The number of hydrogen-bond donors (Lipinski definition) is 1. The number of aromatic nitrogens is 1. The summed E-state index contributed by atoms with van der Waals surface area (Å²) in [6, 6.07) is 0. The van der Waals surface area contributed by atoms with Crippen molar-refractivity contribution in [3.8, 4) is 0 Å². The van der Waals surface area contributed by atoms with Crippen LogP contribution in [0.25, 0.3) is 0 Å². The lowest BCUT2D eigenvalue weighted by molar-refractivity contribution is 0.680. The third-order valence-corrected chi connectivity index (χ3v) is 4.11. The van der Waals surface area contributed by atoms with E-state index in [0.717, 1.165) is 13.0 Å². The van der Waals surface area contributed by atoms with E-state index in [0.29, 0.717) is 11.8 Å². The Hall–Kier alpha value is -0.410. The zero-order valence-electron chi connectivity index (χ0n) is 9.50. The quantitative estimate of drug-likeness (QED) is 0.833. The molecule has 1 aromatic heterocycles. The molecule has 0 spiro atoms. The predicted molar refractivity (Wildman–Crippen MR) is 63.0 cm³/mol. The zero-order chi connectivity index (χ0) is 10.7. The standard InChI is InChI=1S/C11H20N2S/c1-5-9(6-12)10-8(4)13-11(14-10)7(2)3/h7,9H,5-6,12H2,1-4H3. The molecule has 3 heteroatoms. The monoisotopic (exact) mass is 212 g/mol. The first-order valence-electron chi connectivity index (χ1n) is 5.27. The van der Waals surface area contributed by atoms with Gasteiger partial charge in [-0.05, 0) is 13.3 Å². The van der Waals surface area contributed by atoms with Crippen LogP contribution in [0.1, 0.15) is 54.6 Å². The molecule has 2 N–H and O–H groups in total. The fourth-order valence-corrected chi connectivity index (χ4v) is 2.78. The topological polar surface area (TPSA) is 38.9 Å². The number of thiazole rings is 1. The third kappa shape index (κ3) is 2.34. The first-order chi connectivity index (χ1) is 6.60. The highest BCUT2D eigenvalue weighted by Gasteiger charge is 2.16. The molecule has 1 heterocycles. The van der Waals surface area contributed by atoms with E-state index in [1.54, 1.807) is 0 Å². The molecule has 1 rings (SSSR count). The number of nitrogens with two attached hydrogens (primary N) is 1. The van der Waals surface area contributed by atoms with Gasteiger partial charge in [0.1, 0.15) is 0 Å². The van der Waals surface area contributed by atoms with Crippen molar-refractivity contribution in [1.29, 1.82) is 0 Å². The van der Waals surface area contributed by atoms with Crippen LogP contribution in [0.15, 0.2) is 0 Å². The molecule has 1 atom stereocenters. The average Bonchev–Trinajstić information content (AvgIpc) is 2.51. The molecule has 0 saturated carbocycles. The van der Waals surface area contributed by atoms with Crippen molar-refractivity contribution in [3.05, 3.63) is 15.6 Å². The van der Waals surface area contributed by atoms with Crippen LogP contribution >= 0.6 is 11.3 Å². The van der Waals surface area contributed by atoms with Gasteiger partial charge in [0.05, 0.1) is 10.7 Å². The highest BCUT2D eigenvalue weighted by Crippen LogP contribution is 2.31. The van der Waals surface area contributed by atoms with Crippen LogP contribution in [0.2, 0.25) is 0 Å². The molecule has 0 saturated heterocycles. The molecule has 80 valence electrons. The Morgan fingerprint density at radius 1 is 1.43 bits per heavy atom. The van der Waals surface area contributed by atoms with Gasteiger partial charge in [0.25, 0.3) is 0 Å². The van der Waals surface area contributed by atoms with E-state index >= 15 is 0 Å². The molecule has 0 fully saturated rings. The molecule has 2 nitrogen and oxygen atoms in total. The molecular formula is C11H20N2S. The van der Waals surface area contributed by atoms with E-state index in [2.05, 4.69) is 32.7 Å². The second-order valence-electron chi connectivity index (χ2n) is 4.00. The summed E-state index contributed by atoms with van der Waals surface area (Å²) in [6.45, 7) is 9.38. The van der Waals surface area contributed by atoms with Crippen molar-refractivity contribution < 1.29 is 0 Å². The number of hydrogen-bond acceptors (Lipinski definition) is 3. The average molecular weight is 212 g/mol. The van der Waals surface area contributed by atoms with Gasteiger partial charge in [0, 0.05) is 23.3 Å². The fraction of sp³-hybridized carbons (Fsp3) is 0.727. The predicted octanol–water partition coefficient (Wildman–Crippen LogP) is 3.03. The van der Waals surface area contributed by atoms with Gasteiger partial charge in [-0.3, -0.25) is 0 Å². The van der Waals surface area contributed by atoms with Gasteiger partial charge in [0.15, 0.2) is 0 Å². The van der Waals surface area contributed by atoms with Crippen molar-refractivity contribution in [2.75, 3.05) is 6.54 Å². The Labute approximate surface area is 90.6 Å². The number of rotatable bonds is 4. The number of aryl methyl sites for hydroxylation is 1.